The van der Waals surface area contributed by atoms with Crippen LogP contribution in [0.5, 0.6) is 0 Å². The molecule has 3 saturated heterocycles. The second-order valence-electron chi connectivity index (χ2n) is 15.5. The van der Waals surface area contributed by atoms with Gasteiger partial charge in [0, 0.05) is 30.5 Å². The van der Waals surface area contributed by atoms with Crippen LogP contribution in [-0.4, -0.2) is 93.5 Å². The van der Waals surface area contributed by atoms with Crippen molar-refractivity contribution in [3.63, 3.8) is 0 Å². The van der Waals surface area contributed by atoms with E-state index in [-0.39, 0.29) is 42.1 Å². The lowest BCUT2D eigenvalue weighted by Gasteiger charge is -2.40. The molecular weight excluding hydrogens is 762 g/mol. The zero-order chi connectivity index (χ0) is 39.6. The van der Waals surface area contributed by atoms with Gasteiger partial charge in [-0.3, -0.25) is 19.2 Å². The highest BCUT2D eigenvalue weighted by Gasteiger charge is 2.77. The summed E-state index contributed by atoms with van der Waals surface area (Å²) in [5.74, 6) is -3.57. The summed E-state index contributed by atoms with van der Waals surface area (Å²) >= 11 is 3.78. The van der Waals surface area contributed by atoms with E-state index in [2.05, 4.69) is 29.1 Å². The lowest BCUT2D eigenvalue weighted by molar-refractivity contribution is -0.165. The average Bonchev–Trinajstić information content (AvgIpc) is 3.79. The topological polar surface area (TPSA) is 117 Å². The Kier molecular flexibility index (Phi) is 12.3. The molecule has 6 rings (SSSR count). The number of aliphatic hydroxyl groups is 1. The predicted molar refractivity (Wildman–Crippen MR) is 216 cm³/mol. The zero-order valence-electron chi connectivity index (χ0n) is 32.1. The van der Waals surface area contributed by atoms with Gasteiger partial charge in [0.15, 0.2) is 0 Å². The molecule has 10 nitrogen and oxygen atoms in total. The largest absolute Gasteiger partial charge is 0.455 e. The number of amides is 3. The number of nitrogens with zero attached hydrogens (tertiary/aromatic N) is 3. The first kappa shape index (κ1) is 40.3. The number of benzene rings is 3. The Labute approximate surface area is 332 Å². The molecule has 3 aliphatic rings. The van der Waals surface area contributed by atoms with Crippen LogP contribution in [0.4, 0.5) is 5.69 Å². The smallest absolute Gasteiger partial charge is 0.313 e. The van der Waals surface area contributed by atoms with Gasteiger partial charge in [-0.1, -0.05) is 103 Å². The number of likely N-dealkylation sites (N-methyl/N-ethyl adjacent to an activating group) is 1. The van der Waals surface area contributed by atoms with Gasteiger partial charge in [0.05, 0.1) is 36.6 Å². The number of ether oxygens (including phenoxy) is 2. The first-order valence-corrected chi connectivity index (χ1v) is 20.1. The molecule has 3 aromatic carbocycles. The molecule has 0 radical (unpaired) electrons. The van der Waals surface area contributed by atoms with Crippen LogP contribution in [-0.2, 0) is 28.7 Å². The van der Waals surface area contributed by atoms with Crippen molar-refractivity contribution in [2.45, 2.75) is 87.2 Å². The standard InChI is InChI=1S/C44H52BrN3O7/c1-7-9-19-35(50)46(6)28(5)38(30-16-11-10-12-17-30)54-43(53)36-37-41(51)48(33(26-49)23-27(3)4)40(44(37)25-34(45)39(36)55-44)42(52)47(22-8-2)32-21-20-29-15-13-14-18-31(29)24-32/h7-8,10-18,20-21,24,27-28,33-34,36-40,49H,1-2,9,19,22-23,25-26H2,3-6H3/t28-,33+,34?,36+,37-,38+,39+,40+,44-/m0/s1. The van der Waals surface area contributed by atoms with Gasteiger partial charge in [-0.25, -0.2) is 0 Å². The molecule has 2 bridgehead atoms. The quantitative estimate of drug-likeness (QED) is 0.0984. The van der Waals surface area contributed by atoms with Crippen LogP contribution in [0, 0.1) is 17.8 Å². The highest BCUT2D eigenvalue weighted by atomic mass is 79.9. The van der Waals surface area contributed by atoms with Crippen molar-refractivity contribution in [3.05, 3.63) is 104 Å². The van der Waals surface area contributed by atoms with Gasteiger partial charge in [0.1, 0.15) is 17.7 Å². The van der Waals surface area contributed by atoms with Gasteiger partial charge < -0.3 is 29.3 Å². The van der Waals surface area contributed by atoms with E-state index >= 15 is 9.59 Å². The molecular formula is C44H52BrN3O7. The number of esters is 1. The maximum absolute atomic E-state index is 15.3. The Balaban J connectivity index is 1.40. The van der Waals surface area contributed by atoms with Crippen LogP contribution >= 0.6 is 15.9 Å². The number of hydrogen-bond acceptors (Lipinski definition) is 7. The minimum atomic E-state index is -1.39. The predicted octanol–water partition coefficient (Wildman–Crippen LogP) is 6.61. The van der Waals surface area contributed by atoms with E-state index in [1.807, 2.05) is 93.6 Å². The molecule has 3 heterocycles. The number of aliphatic hydroxyl groups excluding tert-OH is 1. The summed E-state index contributed by atoms with van der Waals surface area (Å²) in [5.41, 5.74) is -0.0606. The first-order valence-electron chi connectivity index (χ1n) is 19.2. The van der Waals surface area contributed by atoms with E-state index in [1.165, 1.54) is 4.90 Å². The van der Waals surface area contributed by atoms with Crippen LogP contribution in [0.2, 0.25) is 0 Å². The van der Waals surface area contributed by atoms with Crippen molar-refractivity contribution in [3.8, 4) is 0 Å². The van der Waals surface area contributed by atoms with E-state index in [1.54, 1.807) is 29.0 Å². The van der Waals surface area contributed by atoms with E-state index in [0.717, 1.165) is 10.8 Å². The number of allylic oxidation sites excluding steroid dienone is 1. The fraction of sp³-hybridized carbons (Fsp3) is 0.455. The zero-order valence-corrected chi connectivity index (χ0v) is 33.6. The SMILES string of the molecule is C=CCCC(=O)N(C)[C@@H](C)[C@@H](OC(=O)[C@H]1[C@@H]2O[C@@]3(CC2Br)[C@@H]1C(=O)N([C@@H](CO)CC(C)C)[C@@H]3C(=O)N(CC=C)c1ccc2ccccc2c1)c1ccccc1. The number of halogens is 1. The molecule has 3 aliphatic heterocycles. The molecule has 3 amide bonds. The third-order valence-corrected chi connectivity index (χ3v) is 12.4. The summed E-state index contributed by atoms with van der Waals surface area (Å²) in [6.45, 7) is 13.3. The molecule has 1 N–H and O–H groups in total. The van der Waals surface area contributed by atoms with Gasteiger partial charge in [-0.15, -0.1) is 13.2 Å². The van der Waals surface area contributed by atoms with E-state index in [0.29, 0.717) is 30.5 Å². The fourth-order valence-electron chi connectivity index (χ4n) is 8.90. The number of likely N-dealkylation sites (tertiary alicyclic amines) is 1. The van der Waals surface area contributed by atoms with Crippen LogP contribution in [0.3, 0.4) is 0 Å². The number of carbonyl (C=O) groups is 4. The van der Waals surface area contributed by atoms with E-state index in [4.69, 9.17) is 9.47 Å². The number of alkyl halides is 1. The molecule has 9 atom stereocenters. The molecule has 1 spiro atoms. The molecule has 3 fully saturated rings. The van der Waals surface area contributed by atoms with Crippen molar-refractivity contribution in [2.75, 3.05) is 25.1 Å². The Morgan fingerprint density at radius 1 is 1.04 bits per heavy atom. The Bertz CT molecular complexity index is 1920. The van der Waals surface area contributed by atoms with Crippen LogP contribution < -0.4 is 4.90 Å². The fourth-order valence-corrected chi connectivity index (χ4v) is 9.84. The maximum atomic E-state index is 15.3. The summed E-state index contributed by atoms with van der Waals surface area (Å²) in [4.78, 5) is 62.5. The summed E-state index contributed by atoms with van der Waals surface area (Å²) in [6.07, 6.45) is 3.22. The number of fused-ring (bicyclic) bond motifs is 2. The van der Waals surface area contributed by atoms with Crippen LogP contribution in [0.25, 0.3) is 10.8 Å². The molecule has 0 aromatic heterocycles. The second kappa shape index (κ2) is 16.8. The van der Waals surface area contributed by atoms with Gasteiger partial charge in [0.25, 0.3) is 5.91 Å². The van der Waals surface area contributed by atoms with Crippen molar-refractivity contribution in [1.82, 2.24) is 9.80 Å². The van der Waals surface area contributed by atoms with Gasteiger partial charge in [0.2, 0.25) is 11.8 Å². The maximum Gasteiger partial charge on any atom is 0.313 e. The van der Waals surface area contributed by atoms with E-state index < -0.39 is 59.6 Å². The Hall–Kier alpha value is -4.32. The molecule has 11 heteroatoms. The van der Waals surface area contributed by atoms with Gasteiger partial charge in [-0.05, 0) is 60.6 Å². The summed E-state index contributed by atoms with van der Waals surface area (Å²) < 4.78 is 13.2. The van der Waals surface area contributed by atoms with E-state index in [9.17, 15) is 14.7 Å². The van der Waals surface area contributed by atoms with Crippen LogP contribution in [0.1, 0.15) is 58.1 Å². The number of rotatable bonds is 16. The van der Waals surface area contributed by atoms with Gasteiger partial charge >= 0.3 is 5.97 Å². The second-order valence-corrected chi connectivity index (χ2v) is 16.7. The lowest BCUT2D eigenvalue weighted by Crippen LogP contribution is -2.59. The van der Waals surface area contributed by atoms with Gasteiger partial charge in [-0.2, -0.15) is 0 Å². The minimum Gasteiger partial charge on any atom is -0.455 e. The summed E-state index contributed by atoms with van der Waals surface area (Å²) in [5, 5.41) is 12.8. The number of hydrogen-bond donors (Lipinski definition) is 1. The van der Waals surface area contributed by atoms with Crippen molar-refractivity contribution in [1.29, 1.82) is 0 Å². The first-order chi connectivity index (χ1) is 26.4. The number of carbonyl (C=O) groups excluding carboxylic acids is 4. The van der Waals surface area contributed by atoms with Crippen molar-refractivity contribution in [2.24, 2.45) is 17.8 Å². The average molecular weight is 815 g/mol. The molecule has 292 valence electrons. The number of anilines is 1. The Morgan fingerprint density at radius 2 is 1.73 bits per heavy atom. The molecule has 0 aliphatic carbocycles. The highest BCUT2D eigenvalue weighted by molar-refractivity contribution is 9.09. The molecule has 1 unspecified atom stereocenters. The third-order valence-electron chi connectivity index (χ3n) is 11.6. The molecule has 3 aromatic rings. The van der Waals surface area contributed by atoms with Crippen LogP contribution in [0.15, 0.2) is 98.1 Å². The normalized spacial score (nSPS) is 25.7. The van der Waals surface area contributed by atoms with Crippen molar-refractivity contribution < 1.29 is 33.8 Å². The lowest BCUT2D eigenvalue weighted by atomic mass is 9.70. The molecule has 55 heavy (non-hydrogen) atoms. The monoisotopic (exact) mass is 813 g/mol. The third kappa shape index (κ3) is 7.50. The highest BCUT2D eigenvalue weighted by Crippen LogP contribution is 2.61. The summed E-state index contributed by atoms with van der Waals surface area (Å²) in [7, 11) is 1.69. The Morgan fingerprint density at radius 3 is 2.38 bits per heavy atom. The molecule has 0 saturated carbocycles. The van der Waals surface area contributed by atoms with Crippen molar-refractivity contribution >= 4 is 56.1 Å². The summed E-state index contributed by atoms with van der Waals surface area (Å²) in [6, 6.07) is 20.5. The minimum absolute atomic E-state index is 0.0876.